The van der Waals surface area contributed by atoms with Gasteiger partial charge in [-0.15, -0.1) is 0 Å². The zero-order valence-corrected chi connectivity index (χ0v) is 13.8. The molecule has 4 nitrogen and oxygen atoms in total. The Morgan fingerprint density at radius 1 is 1.43 bits per heavy atom. The van der Waals surface area contributed by atoms with E-state index in [0.29, 0.717) is 23.6 Å². The lowest BCUT2D eigenvalue weighted by atomic mass is 10.1. The molecule has 0 aliphatic heterocycles. The van der Waals surface area contributed by atoms with Crippen LogP contribution in [0.1, 0.15) is 44.0 Å². The Bertz CT molecular complexity index is 464. The normalized spacial score (nSPS) is 10.8. The van der Waals surface area contributed by atoms with Crippen LogP contribution in [-0.2, 0) is 0 Å². The highest BCUT2D eigenvalue weighted by molar-refractivity contribution is 6.31. The fourth-order valence-electron chi connectivity index (χ4n) is 2.10. The van der Waals surface area contributed by atoms with Crippen molar-refractivity contribution in [2.24, 2.45) is 0 Å². The maximum Gasteiger partial charge on any atom is 0.256 e. The van der Waals surface area contributed by atoms with E-state index in [2.05, 4.69) is 12.2 Å². The van der Waals surface area contributed by atoms with Gasteiger partial charge in [-0.1, -0.05) is 18.5 Å². The Morgan fingerprint density at radius 3 is 2.71 bits per heavy atom. The van der Waals surface area contributed by atoms with Crippen LogP contribution < -0.4 is 5.32 Å². The van der Waals surface area contributed by atoms with E-state index < -0.39 is 0 Å². The highest BCUT2D eigenvalue weighted by Crippen LogP contribution is 2.23. The first-order chi connectivity index (χ1) is 10.0. The summed E-state index contributed by atoms with van der Waals surface area (Å²) >= 11 is 6.05. The Hall–Kier alpha value is -1.26. The van der Waals surface area contributed by atoms with Gasteiger partial charge < -0.3 is 15.3 Å². The van der Waals surface area contributed by atoms with E-state index in [9.17, 15) is 4.79 Å². The third kappa shape index (κ3) is 5.21. The van der Waals surface area contributed by atoms with Crippen LogP contribution in [0.2, 0.25) is 5.02 Å². The van der Waals surface area contributed by atoms with Crippen LogP contribution in [0.5, 0.6) is 0 Å². The molecule has 0 atom stereocenters. The summed E-state index contributed by atoms with van der Waals surface area (Å²) in [5, 5.41) is 12.8. The van der Waals surface area contributed by atoms with Crippen LogP contribution in [0.15, 0.2) is 18.2 Å². The molecule has 1 rings (SSSR count). The summed E-state index contributed by atoms with van der Waals surface area (Å²) in [6.07, 6.45) is 1.55. The van der Waals surface area contributed by atoms with Gasteiger partial charge in [-0.25, -0.2) is 0 Å². The fraction of sp³-hybridized carbons (Fsp3) is 0.562. The molecule has 1 aromatic rings. The minimum Gasteiger partial charge on any atom is -0.396 e. The predicted octanol–water partition coefficient (Wildman–Crippen LogP) is 3.39. The van der Waals surface area contributed by atoms with Gasteiger partial charge in [-0.05, 0) is 44.9 Å². The second kappa shape index (κ2) is 8.90. The van der Waals surface area contributed by atoms with Crippen molar-refractivity contribution in [2.45, 2.75) is 39.7 Å². The maximum absolute atomic E-state index is 12.8. The van der Waals surface area contributed by atoms with Gasteiger partial charge in [0.15, 0.2) is 0 Å². The lowest BCUT2D eigenvalue weighted by Crippen LogP contribution is -2.38. The molecule has 0 spiro atoms. The zero-order valence-electron chi connectivity index (χ0n) is 13.0. The average molecular weight is 313 g/mol. The number of amides is 1. The van der Waals surface area contributed by atoms with E-state index in [1.165, 1.54) is 0 Å². The molecule has 21 heavy (non-hydrogen) atoms. The molecular weight excluding hydrogens is 288 g/mol. The van der Waals surface area contributed by atoms with E-state index in [1.807, 2.05) is 19.9 Å². The van der Waals surface area contributed by atoms with E-state index >= 15 is 0 Å². The Kier molecular flexibility index (Phi) is 7.54. The summed E-state index contributed by atoms with van der Waals surface area (Å²) < 4.78 is 0. The van der Waals surface area contributed by atoms with Gasteiger partial charge in [0.2, 0.25) is 0 Å². The lowest BCUT2D eigenvalue weighted by molar-refractivity contribution is 0.0694. The van der Waals surface area contributed by atoms with Gasteiger partial charge in [-0.2, -0.15) is 0 Å². The maximum atomic E-state index is 12.8. The summed E-state index contributed by atoms with van der Waals surface area (Å²) in [6, 6.07) is 5.40. The molecule has 0 aromatic heterocycles. The predicted molar refractivity (Wildman–Crippen MR) is 88.1 cm³/mol. The molecule has 5 heteroatoms. The van der Waals surface area contributed by atoms with Crippen molar-refractivity contribution < 1.29 is 9.90 Å². The third-order valence-corrected chi connectivity index (χ3v) is 3.45. The Balaban J connectivity index is 3.04. The molecule has 2 N–H and O–H groups in total. The molecule has 1 amide bonds. The summed E-state index contributed by atoms with van der Waals surface area (Å²) in [5.41, 5.74) is 1.39. The molecule has 0 unspecified atom stereocenters. The van der Waals surface area contributed by atoms with Gasteiger partial charge in [-0.3, -0.25) is 4.79 Å². The minimum absolute atomic E-state index is 0.0560. The quantitative estimate of drug-likeness (QED) is 0.773. The summed E-state index contributed by atoms with van der Waals surface area (Å²) in [7, 11) is 0. The molecule has 0 aliphatic rings. The Labute approximate surface area is 132 Å². The van der Waals surface area contributed by atoms with Gasteiger partial charge in [0, 0.05) is 36.4 Å². The summed E-state index contributed by atoms with van der Waals surface area (Å²) in [6.45, 7) is 7.43. The first-order valence-electron chi connectivity index (χ1n) is 7.46. The number of halogens is 1. The number of nitrogens with one attached hydrogen (secondary N) is 1. The highest BCUT2D eigenvalue weighted by atomic mass is 35.5. The smallest absolute Gasteiger partial charge is 0.256 e. The number of aliphatic hydroxyl groups is 1. The molecule has 118 valence electrons. The number of aliphatic hydroxyl groups excluding tert-OH is 1. The summed E-state index contributed by atoms with van der Waals surface area (Å²) in [5.74, 6) is -0.0560. The molecule has 1 aromatic carbocycles. The zero-order chi connectivity index (χ0) is 15.8. The van der Waals surface area contributed by atoms with Crippen LogP contribution >= 0.6 is 11.6 Å². The first kappa shape index (κ1) is 17.8. The number of hydrogen-bond donors (Lipinski definition) is 2. The molecule has 0 heterocycles. The second-order valence-corrected chi connectivity index (χ2v) is 5.72. The van der Waals surface area contributed by atoms with Crippen LogP contribution in [0.25, 0.3) is 0 Å². The van der Waals surface area contributed by atoms with Crippen molar-refractivity contribution in [1.29, 1.82) is 0 Å². The Morgan fingerprint density at radius 2 is 2.14 bits per heavy atom. The van der Waals surface area contributed by atoms with Crippen LogP contribution in [0.4, 0.5) is 5.69 Å². The number of carbonyl (C=O) groups is 1. The molecule has 0 saturated carbocycles. The van der Waals surface area contributed by atoms with Gasteiger partial charge in [0.25, 0.3) is 5.91 Å². The second-order valence-electron chi connectivity index (χ2n) is 5.29. The van der Waals surface area contributed by atoms with Gasteiger partial charge in [0.1, 0.15) is 0 Å². The SMILES string of the molecule is CCCNc1ccc(Cl)cc1C(=O)N(CCCO)C(C)C. The van der Waals surface area contributed by atoms with Gasteiger partial charge >= 0.3 is 0 Å². The molecule has 0 radical (unpaired) electrons. The number of benzene rings is 1. The fourth-order valence-corrected chi connectivity index (χ4v) is 2.27. The minimum atomic E-state index is -0.0560. The number of anilines is 1. The van der Waals surface area contributed by atoms with Crippen molar-refractivity contribution in [3.63, 3.8) is 0 Å². The molecule has 0 aliphatic carbocycles. The number of hydrogen-bond acceptors (Lipinski definition) is 3. The topological polar surface area (TPSA) is 52.6 Å². The molecular formula is C16H25ClN2O2. The van der Waals surface area contributed by atoms with E-state index in [1.54, 1.807) is 17.0 Å². The molecule has 0 bridgehead atoms. The van der Waals surface area contributed by atoms with Crippen LogP contribution in [-0.4, -0.2) is 41.7 Å². The van der Waals surface area contributed by atoms with E-state index in [-0.39, 0.29) is 18.6 Å². The van der Waals surface area contributed by atoms with Crippen molar-refractivity contribution in [3.8, 4) is 0 Å². The van der Waals surface area contributed by atoms with Gasteiger partial charge in [0.05, 0.1) is 5.56 Å². The lowest BCUT2D eigenvalue weighted by Gasteiger charge is -2.27. The average Bonchev–Trinajstić information content (AvgIpc) is 2.45. The van der Waals surface area contributed by atoms with Crippen molar-refractivity contribution in [3.05, 3.63) is 28.8 Å². The monoisotopic (exact) mass is 312 g/mol. The summed E-state index contributed by atoms with van der Waals surface area (Å²) in [4.78, 5) is 14.5. The van der Waals surface area contributed by atoms with Crippen LogP contribution in [0.3, 0.4) is 0 Å². The first-order valence-corrected chi connectivity index (χ1v) is 7.84. The van der Waals surface area contributed by atoms with Crippen LogP contribution in [0, 0.1) is 0 Å². The molecule has 0 saturated heterocycles. The van der Waals surface area contributed by atoms with Crippen molar-refractivity contribution in [2.75, 3.05) is 25.0 Å². The molecule has 0 fully saturated rings. The highest BCUT2D eigenvalue weighted by Gasteiger charge is 2.21. The van der Waals surface area contributed by atoms with Crippen molar-refractivity contribution in [1.82, 2.24) is 4.90 Å². The number of nitrogens with zero attached hydrogens (tertiary/aromatic N) is 1. The van der Waals surface area contributed by atoms with E-state index in [0.717, 1.165) is 18.7 Å². The van der Waals surface area contributed by atoms with Crippen molar-refractivity contribution >= 4 is 23.2 Å². The number of rotatable bonds is 8. The van der Waals surface area contributed by atoms with E-state index in [4.69, 9.17) is 16.7 Å². The third-order valence-electron chi connectivity index (χ3n) is 3.22. The largest absolute Gasteiger partial charge is 0.396 e. The number of carbonyl (C=O) groups excluding carboxylic acids is 1. The standard InChI is InChI=1S/C16H25ClN2O2/c1-4-8-18-15-7-6-13(17)11-14(15)16(21)19(12(2)3)9-5-10-20/h6-7,11-12,18,20H,4-5,8-10H2,1-3H3.